The lowest BCUT2D eigenvalue weighted by Gasteiger charge is -2.25. The van der Waals surface area contributed by atoms with Gasteiger partial charge in [0.2, 0.25) is 0 Å². The van der Waals surface area contributed by atoms with E-state index in [1.165, 1.54) is 31.3 Å². The standard InChI is InChI=1S/C24H25Cl2NO6/c1-13(2)33-16-7-5-14(6-8-16)20-19(22(29)24(30)27(20)9-10-31-3)21(28)17-11-15(25)12-18(26)23(17)32-4/h5-8,11-13,20,28H,9-10H2,1-4H3/b21-19+. The van der Waals surface area contributed by atoms with Gasteiger partial charge in [-0.15, -0.1) is 0 Å². The molecule has 1 heterocycles. The number of nitrogens with zero attached hydrogens (tertiary/aromatic N) is 1. The number of amides is 1. The normalized spacial score (nSPS) is 17.7. The molecule has 1 unspecified atom stereocenters. The number of hydrogen-bond acceptors (Lipinski definition) is 6. The highest BCUT2D eigenvalue weighted by Gasteiger charge is 2.46. The smallest absolute Gasteiger partial charge is 0.295 e. The van der Waals surface area contributed by atoms with Crippen LogP contribution in [0.1, 0.15) is 31.0 Å². The summed E-state index contributed by atoms with van der Waals surface area (Å²) in [5, 5.41) is 11.6. The van der Waals surface area contributed by atoms with Crippen LogP contribution in [0.15, 0.2) is 42.0 Å². The van der Waals surface area contributed by atoms with E-state index in [0.29, 0.717) is 11.3 Å². The van der Waals surface area contributed by atoms with Crippen LogP contribution >= 0.6 is 23.2 Å². The number of halogens is 2. The molecule has 1 saturated heterocycles. The van der Waals surface area contributed by atoms with Crippen molar-refractivity contribution in [2.75, 3.05) is 27.4 Å². The number of carbonyl (C=O) groups excluding carboxylic acids is 2. The zero-order valence-corrected chi connectivity index (χ0v) is 20.2. The molecule has 2 aromatic carbocycles. The van der Waals surface area contributed by atoms with Gasteiger partial charge < -0.3 is 24.2 Å². The Hall–Kier alpha value is -2.74. The van der Waals surface area contributed by atoms with Crippen molar-refractivity contribution in [3.05, 3.63) is 63.1 Å². The minimum atomic E-state index is -0.851. The molecule has 1 amide bonds. The van der Waals surface area contributed by atoms with Gasteiger partial charge in [-0.25, -0.2) is 0 Å². The lowest BCUT2D eigenvalue weighted by molar-refractivity contribution is -0.140. The van der Waals surface area contributed by atoms with Crippen LogP contribution in [0.4, 0.5) is 0 Å². The largest absolute Gasteiger partial charge is 0.507 e. The molecule has 0 saturated carbocycles. The molecule has 1 aliphatic heterocycles. The molecule has 0 bridgehead atoms. The molecular formula is C24H25Cl2NO6. The van der Waals surface area contributed by atoms with Crippen LogP contribution in [0, 0.1) is 0 Å². The Morgan fingerprint density at radius 2 is 1.79 bits per heavy atom. The van der Waals surface area contributed by atoms with E-state index in [1.54, 1.807) is 24.3 Å². The molecule has 7 nitrogen and oxygen atoms in total. The third kappa shape index (κ3) is 5.11. The fourth-order valence-corrected chi connectivity index (χ4v) is 4.31. The van der Waals surface area contributed by atoms with Crippen LogP contribution in [0.3, 0.4) is 0 Å². The molecule has 1 atom stereocenters. The highest BCUT2D eigenvalue weighted by Crippen LogP contribution is 2.43. The number of ketones is 1. The van der Waals surface area contributed by atoms with Gasteiger partial charge in [-0.3, -0.25) is 9.59 Å². The lowest BCUT2D eigenvalue weighted by atomic mass is 9.95. The van der Waals surface area contributed by atoms with E-state index in [2.05, 4.69) is 0 Å². The number of Topliss-reactive ketones (excluding diaryl/α,β-unsaturated/α-hetero) is 1. The van der Waals surface area contributed by atoms with Gasteiger partial charge in [0.05, 0.1) is 42.0 Å². The number of carbonyl (C=O) groups is 2. The quantitative estimate of drug-likeness (QED) is 0.321. The minimum absolute atomic E-state index is 0.0109. The van der Waals surface area contributed by atoms with Crippen molar-refractivity contribution >= 4 is 40.7 Å². The van der Waals surface area contributed by atoms with Crippen LogP contribution in [0.5, 0.6) is 11.5 Å². The van der Waals surface area contributed by atoms with Crippen molar-refractivity contribution in [1.82, 2.24) is 4.90 Å². The summed E-state index contributed by atoms with van der Waals surface area (Å²) in [4.78, 5) is 27.4. The highest BCUT2D eigenvalue weighted by atomic mass is 35.5. The van der Waals surface area contributed by atoms with E-state index in [-0.39, 0.29) is 46.2 Å². The summed E-state index contributed by atoms with van der Waals surface area (Å²) in [7, 11) is 2.89. The molecule has 3 rings (SSSR count). The predicted molar refractivity (Wildman–Crippen MR) is 126 cm³/mol. The molecule has 0 aliphatic carbocycles. The van der Waals surface area contributed by atoms with Crippen molar-refractivity contribution in [3.8, 4) is 11.5 Å². The van der Waals surface area contributed by atoms with Crippen molar-refractivity contribution < 1.29 is 28.9 Å². The Morgan fingerprint density at radius 1 is 1.12 bits per heavy atom. The number of aliphatic hydroxyl groups is 1. The Balaban J connectivity index is 2.19. The maximum atomic E-state index is 13.1. The molecular weight excluding hydrogens is 469 g/mol. The average molecular weight is 494 g/mol. The average Bonchev–Trinajstić information content (AvgIpc) is 3.01. The molecule has 0 radical (unpaired) electrons. The molecule has 9 heteroatoms. The lowest BCUT2D eigenvalue weighted by Crippen LogP contribution is -2.32. The summed E-state index contributed by atoms with van der Waals surface area (Å²) in [6.45, 7) is 4.19. The Morgan fingerprint density at radius 3 is 2.36 bits per heavy atom. The second-order valence-electron chi connectivity index (χ2n) is 7.69. The van der Waals surface area contributed by atoms with Gasteiger partial charge in [-0.05, 0) is 43.7 Å². The molecule has 1 aliphatic rings. The SMILES string of the molecule is COCCN1C(=O)C(=O)/C(=C(/O)c2cc(Cl)cc(Cl)c2OC)C1c1ccc(OC(C)C)cc1. The number of benzene rings is 2. The van der Waals surface area contributed by atoms with Gasteiger partial charge in [0.25, 0.3) is 11.7 Å². The van der Waals surface area contributed by atoms with Crippen LogP contribution in [0.2, 0.25) is 10.0 Å². The number of hydrogen-bond donors (Lipinski definition) is 1. The highest BCUT2D eigenvalue weighted by molar-refractivity contribution is 6.46. The molecule has 1 N–H and O–H groups in total. The van der Waals surface area contributed by atoms with Gasteiger partial charge in [-0.2, -0.15) is 0 Å². The first-order valence-corrected chi connectivity index (χ1v) is 11.0. The predicted octanol–water partition coefficient (Wildman–Crippen LogP) is 4.86. The fraction of sp³-hybridized carbons (Fsp3) is 0.333. The van der Waals surface area contributed by atoms with E-state index in [0.717, 1.165) is 0 Å². The van der Waals surface area contributed by atoms with Gasteiger partial charge in [0.1, 0.15) is 17.3 Å². The molecule has 2 aromatic rings. The second kappa shape index (κ2) is 10.5. The number of aliphatic hydroxyl groups excluding tert-OH is 1. The summed E-state index contributed by atoms with van der Waals surface area (Å²) >= 11 is 12.4. The van der Waals surface area contributed by atoms with Crippen molar-refractivity contribution in [2.24, 2.45) is 0 Å². The van der Waals surface area contributed by atoms with Crippen molar-refractivity contribution in [1.29, 1.82) is 0 Å². The van der Waals surface area contributed by atoms with E-state index in [4.69, 9.17) is 37.4 Å². The first-order valence-electron chi connectivity index (χ1n) is 10.3. The van der Waals surface area contributed by atoms with Gasteiger partial charge >= 0.3 is 0 Å². The van der Waals surface area contributed by atoms with Crippen molar-refractivity contribution in [2.45, 2.75) is 26.0 Å². The number of likely N-dealkylation sites (tertiary alicyclic amines) is 1. The number of rotatable bonds is 8. The maximum absolute atomic E-state index is 13.1. The molecule has 176 valence electrons. The van der Waals surface area contributed by atoms with Gasteiger partial charge in [0.15, 0.2) is 0 Å². The minimum Gasteiger partial charge on any atom is -0.507 e. The van der Waals surface area contributed by atoms with E-state index >= 15 is 0 Å². The second-order valence-corrected chi connectivity index (χ2v) is 8.53. The van der Waals surface area contributed by atoms with Crippen LogP contribution < -0.4 is 9.47 Å². The number of methoxy groups -OCH3 is 2. The monoisotopic (exact) mass is 493 g/mol. The summed E-state index contributed by atoms with van der Waals surface area (Å²) in [6.07, 6.45) is -0.0109. The topological polar surface area (TPSA) is 85.3 Å². The van der Waals surface area contributed by atoms with Crippen LogP contribution in [-0.2, 0) is 14.3 Å². The summed E-state index contributed by atoms with van der Waals surface area (Å²) in [5.41, 5.74) is 0.643. The summed E-state index contributed by atoms with van der Waals surface area (Å²) in [5.74, 6) is -1.21. The Labute approximate surface area is 202 Å². The fourth-order valence-electron chi connectivity index (χ4n) is 3.74. The maximum Gasteiger partial charge on any atom is 0.295 e. The third-order valence-corrected chi connectivity index (χ3v) is 5.61. The van der Waals surface area contributed by atoms with Gasteiger partial charge in [-0.1, -0.05) is 35.3 Å². The zero-order chi connectivity index (χ0) is 24.3. The molecule has 0 aromatic heterocycles. The van der Waals surface area contributed by atoms with Crippen molar-refractivity contribution in [3.63, 3.8) is 0 Å². The van der Waals surface area contributed by atoms with E-state index in [9.17, 15) is 14.7 Å². The Bertz CT molecular complexity index is 1080. The van der Waals surface area contributed by atoms with E-state index in [1.807, 2.05) is 13.8 Å². The third-order valence-electron chi connectivity index (χ3n) is 5.11. The first kappa shape index (κ1) is 24.9. The molecule has 0 spiro atoms. The molecule has 33 heavy (non-hydrogen) atoms. The van der Waals surface area contributed by atoms with E-state index < -0.39 is 23.5 Å². The zero-order valence-electron chi connectivity index (χ0n) is 18.7. The number of ether oxygens (including phenoxy) is 3. The van der Waals surface area contributed by atoms with Gasteiger partial charge in [0, 0.05) is 18.7 Å². The summed E-state index contributed by atoms with van der Waals surface area (Å²) in [6, 6.07) is 9.05. The summed E-state index contributed by atoms with van der Waals surface area (Å²) < 4.78 is 16.1. The first-order chi connectivity index (χ1) is 15.7. The molecule has 1 fully saturated rings. The Kier molecular flexibility index (Phi) is 7.89. The van der Waals surface area contributed by atoms with Crippen LogP contribution in [-0.4, -0.2) is 55.2 Å². The van der Waals surface area contributed by atoms with Crippen LogP contribution in [0.25, 0.3) is 5.76 Å².